The number of para-hydroxylation sites is 1. The summed E-state index contributed by atoms with van der Waals surface area (Å²) in [6.45, 7) is 2.34. The number of nitrogens with zero attached hydrogens (tertiary/aromatic N) is 4. The van der Waals surface area contributed by atoms with E-state index in [1.54, 1.807) is 29.3 Å². The summed E-state index contributed by atoms with van der Waals surface area (Å²) in [7, 11) is 0. The molecule has 0 aliphatic carbocycles. The molecule has 0 saturated carbocycles. The maximum atomic E-state index is 12.9. The first-order valence-corrected chi connectivity index (χ1v) is 8.78. The molecule has 2 aromatic rings. The van der Waals surface area contributed by atoms with Crippen molar-refractivity contribution in [2.45, 2.75) is 19.8 Å². The van der Waals surface area contributed by atoms with Crippen LogP contribution in [0.15, 0.2) is 58.2 Å². The number of rotatable bonds is 4. The predicted molar refractivity (Wildman–Crippen MR) is 101 cm³/mol. The molecule has 0 radical (unpaired) electrons. The Morgan fingerprint density at radius 1 is 1.20 bits per heavy atom. The smallest absolute Gasteiger partial charge is 0.275 e. The van der Waals surface area contributed by atoms with Gasteiger partial charge in [-0.15, -0.1) is 0 Å². The number of hydrogen-bond acceptors (Lipinski definition) is 4. The van der Waals surface area contributed by atoms with Crippen LogP contribution in [0.4, 0.5) is 11.5 Å². The van der Waals surface area contributed by atoms with Crippen LogP contribution >= 0.6 is 15.9 Å². The molecule has 0 saturated heterocycles. The fraction of sp³-hybridized carbons (Fsp3) is 0.222. The molecule has 1 aliphatic heterocycles. The van der Waals surface area contributed by atoms with Crippen LogP contribution in [0.5, 0.6) is 0 Å². The highest BCUT2D eigenvalue weighted by atomic mass is 79.9. The maximum Gasteiger partial charge on any atom is 0.275 e. The van der Waals surface area contributed by atoms with Gasteiger partial charge in [-0.3, -0.25) is 14.5 Å². The average molecular weight is 401 g/mol. The SMILES string of the molecule is CCN(C(=O)C1=NN(c2ccccc2)C(=O)CC1)c1ccc(Br)cn1. The molecule has 0 spiro atoms. The summed E-state index contributed by atoms with van der Waals surface area (Å²) in [5.41, 5.74) is 1.01. The highest BCUT2D eigenvalue weighted by Gasteiger charge is 2.28. The molecule has 7 heteroatoms. The molecule has 0 atom stereocenters. The number of aromatic nitrogens is 1. The van der Waals surface area contributed by atoms with Gasteiger partial charge in [0.15, 0.2) is 0 Å². The topological polar surface area (TPSA) is 65.9 Å². The van der Waals surface area contributed by atoms with Gasteiger partial charge in [0.2, 0.25) is 5.91 Å². The van der Waals surface area contributed by atoms with Crippen LogP contribution in [-0.4, -0.2) is 29.1 Å². The molecule has 1 aromatic heterocycles. The van der Waals surface area contributed by atoms with E-state index < -0.39 is 0 Å². The number of carbonyl (C=O) groups is 2. The third-order valence-electron chi connectivity index (χ3n) is 3.83. The van der Waals surface area contributed by atoms with Crippen LogP contribution in [0.25, 0.3) is 0 Å². The van der Waals surface area contributed by atoms with E-state index in [0.29, 0.717) is 30.2 Å². The quantitative estimate of drug-likeness (QED) is 0.789. The Hall–Kier alpha value is -2.54. The summed E-state index contributed by atoms with van der Waals surface area (Å²) in [4.78, 5) is 30.9. The van der Waals surface area contributed by atoms with Gasteiger partial charge in [0.25, 0.3) is 5.91 Å². The summed E-state index contributed by atoms with van der Waals surface area (Å²) in [5, 5.41) is 5.62. The number of halogens is 1. The number of carbonyl (C=O) groups excluding carboxylic acids is 2. The molecule has 0 fully saturated rings. The van der Waals surface area contributed by atoms with Crippen molar-refractivity contribution in [1.29, 1.82) is 0 Å². The molecule has 2 amide bonds. The standard InChI is InChI=1S/C18H17BrN4O2/c1-2-22(16-10-8-13(19)12-20-16)18(25)15-9-11-17(24)23(21-15)14-6-4-3-5-7-14/h3-8,10,12H,2,9,11H2,1H3. The van der Waals surface area contributed by atoms with E-state index in [1.165, 1.54) is 5.01 Å². The molecule has 1 aromatic carbocycles. The van der Waals surface area contributed by atoms with Crippen LogP contribution in [-0.2, 0) is 9.59 Å². The monoisotopic (exact) mass is 400 g/mol. The fourth-order valence-electron chi connectivity index (χ4n) is 2.57. The Morgan fingerprint density at radius 3 is 2.60 bits per heavy atom. The number of hydrazone groups is 1. The van der Waals surface area contributed by atoms with Crippen LogP contribution in [0.3, 0.4) is 0 Å². The third-order valence-corrected chi connectivity index (χ3v) is 4.30. The van der Waals surface area contributed by atoms with E-state index in [9.17, 15) is 9.59 Å². The normalized spacial score (nSPS) is 14.2. The average Bonchev–Trinajstić information content (AvgIpc) is 2.65. The first-order valence-electron chi connectivity index (χ1n) is 7.99. The second kappa shape index (κ2) is 7.57. The van der Waals surface area contributed by atoms with Gasteiger partial charge < -0.3 is 0 Å². The molecule has 6 nitrogen and oxygen atoms in total. The first-order chi connectivity index (χ1) is 12.1. The summed E-state index contributed by atoms with van der Waals surface area (Å²) < 4.78 is 0.843. The van der Waals surface area contributed by atoms with Crippen molar-refractivity contribution in [3.8, 4) is 0 Å². The summed E-state index contributed by atoms with van der Waals surface area (Å²) in [6, 6.07) is 12.7. The molecule has 25 heavy (non-hydrogen) atoms. The molecular weight excluding hydrogens is 384 g/mol. The number of hydrogen-bond donors (Lipinski definition) is 0. The zero-order chi connectivity index (χ0) is 17.8. The minimum atomic E-state index is -0.231. The number of anilines is 2. The second-order valence-electron chi connectivity index (χ2n) is 5.47. The van der Waals surface area contributed by atoms with Gasteiger partial charge in [0.05, 0.1) is 5.69 Å². The van der Waals surface area contributed by atoms with Crippen molar-refractivity contribution in [2.75, 3.05) is 16.5 Å². The minimum absolute atomic E-state index is 0.118. The molecule has 1 aliphatic rings. The van der Waals surface area contributed by atoms with Gasteiger partial charge in [0.1, 0.15) is 11.5 Å². The van der Waals surface area contributed by atoms with Crippen LogP contribution in [0.1, 0.15) is 19.8 Å². The Morgan fingerprint density at radius 2 is 1.96 bits per heavy atom. The van der Waals surface area contributed by atoms with E-state index >= 15 is 0 Å². The number of amides is 2. The highest BCUT2D eigenvalue weighted by Crippen LogP contribution is 2.22. The zero-order valence-corrected chi connectivity index (χ0v) is 15.3. The van der Waals surface area contributed by atoms with Gasteiger partial charge in [-0.25, -0.2) is 9.99 Å². The Balaban J connectivity index is 1.89. The van der Waals surface area contributed by atoms with Crippen molar-refractivity contribution >= 4 is 45.0 Å². The number of benzene rings is 1. The van der Waals surface area contributed by atoms with Gasteiger partial charge in [-0.2, -0.15) is 5.10 Å². The largest absolute Gasteiger partial charge is 0.292 e. The molecular formula is C18H17BrN4O2. The Kier molecular flexibility index (Phi) is 5.23. The van der Waals surface area contributed by atoms with Gasteiger partial charge in [-0.05, 0) is 47.1 Å². The lowest BCUT2D eigenvalue weighted by molar-refractivity contribution is -0.118. The molecule has 3 rings (SSSR count). The van der Waals surface area contributed by atoms with Gasteiger partial charge in [-0.1, -0.05) is 18.2 Å². The fourth-order valence-corrected chi connectivity index (χ4v) is 2.81. The van der Waals surface area contributed by atoms with Crippen molar-refractivity contribution in [3.05, 3.63) is 53.1 Å². The van der Waals surface area contributed by atoms with Crippen LogP contribution in [0.2, 0.25) is 0 Å². The van der Waals surface area contributed by atoms with Gasteiger partial charge in [0, 0.05) is 30.1 Å². The lowest BCUT2D eigenvalue weighted by Crippen LogP contribution is -2.42. The first kappa shape index (κ1) is 17.3. The third kappa shape index (κ3) is 3.76. The molecule has 0 bridgehead atoms. The van der Waals surface area contributed by atoms with Crippen LogP contribution < -0.4 is 9.91 Å². The van der Waals surface area contributed by atoms with E-state index in [1.807, 2.05) is 31.2 Å². The lowest BCUT2D eigenvalue weighted by atomic mass is 10.1. The van der Waals surface area contributed by atoms with Crippen molar-refractivity contribution in [2.24, 2.45) is 5.10 Å². The van der Waals surface area contributed by atoms with E-state index in [4.69, 9.17) is 0 Å². The Labute approximate surface area is 154 Å². The van der Waals surface area contributed by atoms with Gasteiger partial charge >= 0.3 is 0 Å². The van der Waals surface area contributed by atoms with Crippen molar-refractivity contribution in [1.82, 2.24) is 4.98 Å². The minimum Gasteiger partial charge on any atom is -0.292 e. The molecule has 0 N–H and O–H groups in total. The summed E-state index contributed by atoms with van der Waals surface area (Å²) >= 11 is 3.34. The summed E-state index contributed by atoms with van der Waals surface area (Å²) in [6.07, 6.45) is 2.23. The van der Waals surface area contributed by atoms with E-state index in [0.717, 1.165) is 4.47 Å². The predicted octanol–water partition coefficient (Wildman–Crippen LogP) is 3.38. The molecule has 128 valence electrons. The van der Waals surface area contributed by atoms with Crippen LogP contribution in [0, 0.1) is 0 Å². The zero-order valence-electron chi connectivity index (χ0n) is 13.7. The van der Waals surface area contributed by atoms with E-state index in [-0.39, 0.29) is 18.2 Å². The van der Waals surface area contributed by atoms with Crippen molar-refractivity contribution < 1.29 is 9.59 Å². The van der Waals surface area contributed by atoms with E-state index in [2.05, 4.69) is 26.0 Å². The maximum absolute atomic E-state index is 12.9. The van der Waals surface area contributed by atoms with Crippen molar-refractivity contribution in [3.63, 3.8) is 0 Å². The Bertz CT molecular complexity index is 806. The summed E-state index contributed by atoms with van der Waals surface area (Å²) in [5.74, 6) is 0.208. The molecule has 2 heterocycles. The lowest BCUT2D eigenvalue weighted by Gasteiger charge is -2.26. The molecule has 0 unspecified atom stereocenters. The highest BCUT2D eigenvalue weighted by molar-refractivity contribution is 9.10. The number of pyridine rings is 1. The second-order valence-corrected chi connectivity index (χ2v) is 6.39.